The van der Waals surface area contributed by atoms with Gasteiger partial charge in [0.2, 0.25) is 5.89 Å². The monoisotopic (exact) mass is 407 g/mol. The predicted octanol–water partition coefficient (Wildman–Crippen LogP) is 3.99. The third kappa shape index (κ3) is 4.15. The molecule has 1 aromatic heterocycles. The van der Waals surface area contributed by atoms with Gasteiger partial charge in [-0.1, -0.05) is 47.6 Å². The summed E-state index contributed by atoms with van der Waals surface area (Å²) in [6, 6.07) is 18.0. The Labute approximate surface area is 175 Å². The summed E-state index contributed by atoms with van der Waals surface area (Å²) in [6.07, 6.45) is 2.49. The van der Waals surface area contributed by atoms with Crippen molar-refractivity contribution in [1.82, 2.24) is 10.1 Å². The molecule has 1 amide bonds. The first-order valence-electron chi connectivity index (χ1n) is 10.1. The lowest BCUT2D eigenvalue weighted by atomic mass is 9.68. The Morgan fingerprint density at radius 2 is 1.93 bits per heavy atom. The normalized spacial score (nSPS) is 21.2. The van der Waals surface area contributed by atoms with Gasteiger partial charge in [0.1, 0.15) is 11.9 Å². The molecule has 2 aromatic carbocycles. The highest BCUT2D eigenvalue weighted by Gasteiger charge is 2.43. The molecule has 156 valence electrons. The highest BCUT2D eigenvalue weighted by atomic mass is 16.6. The number of amides is 1. The van der Waals surface area contributed by atoms with Crippen LogP contribution < -0.4 is 10.5 Å². The van der Waals surface area contributed by atoms with Crippen molar-refractivity contribution in [2.45, 2.75) is 43.6 Å². The molecule has 1 aliphatic carbocycles. The molecule has 0 saturated heterocycles. The molecule has 0 unspecified atom stereocenters. The maximum atomic E-state index is 11.1. The van der Waals surface area contributed by atoms with Crippen LogP contribution in [-0.4, -0.2) is 29.4 Å². The fraction of sp³-hybridized carbons (Fsp3) is 0.348. The zero-order chi connectivity index (χ0) is 21.0. The molecular weight excluding hydrogens is 382 g/mol. The Hall–Kier alpha value is -3.35. The molecule has 4 rings (SSSR count). The van der Waals surface area contributed by atoms with E-state index < -0.39 is 6.09 Å². The number of nitrogens with two attached hydrogens (primary N) is 1. The lowest BCUT2D eigenvalue weighted by Crippen LogP contribution is -2.38. The van der Waals surface area contributed by atoms with E-state index in [0.717, 1.165) is 29.7 Å². The molecular formula is C23H25N3O4. The molecule has 30 heavy (non-hydrogen) atoms. The van der Waals surface area contributed by atoms with Gasteiger partial charge in [-0.25, -0.2) is 4.79 Å². The largest absolute Gasteiger partial charge is 0.497 e. The van der Waals surface area contributed by atoms with Crippen molar-refractivity contribution in [3.8, 4) is 5.75 Å². The van der Waals surface area contributed by atoms with Crippen LogP contribution in [0.3, 0.4) is 0 Å². The van der Waals surface area contributed by atoms with Crippen molar-refractivity contribution in [2.24, 2.45) is 5.73 Å². The molecule has 1 aliphatic rings. The minimum absolute atomic E-state index is 0.178. The van der Waals surface area contributed by atoms with Crippen LogP contribution in [0, 0.1) is 0 Å². The first kappa shape index (κ1) is 19.9. The zero-order valence-electron chi connectivity index (χ0n) is 16.9. The van der Waals surface area contributed by atoms with Gasteiger partial charge in [-0.15, -0.1) is 0 Å². The van der Waals surface area contributed by atoms with E-state index in [2.05, 4.69) is 17.3 Å². The van der Waals surface area contributed by atoms with Crippen LogP contribution in [0.1, 0.15) is 48.5 Å². The molecule has 1 saturated carbocycles. The van der Waals surface area contributed by atoms with E-state index in [1.165, 1.54) is 0 Å². The minimum atomic E-state index is -0.729. The Morgan fingerprint density at radius 3 is 2.63 bits per heavy atom. The number of carbonyl (C=O) groups is 1. The topological polar surface area (TPSA) is 100 Å². The SMILES string of the molecule is COc1cccc(Cc2nc(C3(c4ccccc4)CCC(OC(N)=O)CC3)no2)c1. The minimum Gasteiger partial charge on any atom is -0.497 e. The molecule has 0 bridgehead atoms. The molecule has 1 fully saturated rings. The van der Waals surface area contributed by atoms with E-state index in [9.17, 15) is 4.79 Å². The van der Waals surface area contributed by atoms with E-state index in [0.29, 0.717) is 31.0 Å². The van der Waals surface area contributed by atoms with Gasteiger partial charge in [-0.05, 0) is 48.9 Å². The third-order valence-corrected chi connectivity index (χ3v) is 5.78. The van der Waals surface area contributed by atoms with E-state index in [4.69, 9.17) is 24.7 Å². The fourth-order valence-corrected chi connectivity index (χ4v) is 4.24. The van der Waals surface area contributed by atoms with Crippen LogP contribution in [0.2, 0.25) is 0 Å². The Bertz CT molecular complexity index is 994. The van der Waals surface area contributed by atoms with E-state index >= 15 is 0 Å². The average Bonchev–Trinajstić information content (AvgIpc) is 3.24. The molecule has 0 spiro atoms. The fourth-order valence-electron chi connectivity index (χ4n) is 4.24. The van der Waals surface area contributed by atoms with Gasteiger partial charge >= 0.3 is 6.09 Å². The molecule has 1 heterocycles. The number of primary amides is 1. The van der Waals surface area contributed by atoms with Gasteiger partial charge in [0.25, 0.3) is 0 Å². The molecule has 0 atom stereocenters. The predicted molar refractivity (Wildman–Crippen MR) is 110 cm³/mol. The summed E-state index contributed by atoms with van der Waals surface area (Å²) < 4.78 is 16.1. The summed E-state index contributed by atoms with van der Waals surface area (Å²) in [7, 11) is 1.64. The highest BCUT2D eigenvalue weighted by Crippen LogP contribution is 2.44. The number of methoxy groups -OCH3 is 1. The van der Waals surface area contributed by atoms with E-state index in [1.54, 1.807) is 7.11 Å². The number of hydrogen-bond acceptors (Lipinski definition) is 6. The second kappa shape index (κ2) is 8.57. The molecule has 7 heteroatoms. The smallest absolute Gasteiger partial charge is 0.404 e. The standard InChI is InChI=1S/C23H25N3O4/c1-28-19-9-5-6-16(14-19)15-20-25-21(26-30-20)23(17-7-3-2-4-8-17)12-10-18(11-13-23)29-22(24)27/h2-9,14,18H,10-13,15H2,1H3,(H2,24,27). The summed E-state index contributed by atoms with van der Waals surface area (Å²) in [6.45, 7) is 0. The lowest BCUT2D eigenvalue weighted by Gasteiger charge is -2.37. The summed E-state index contributed by atoms with van der Waals surface area (Å²) in [4.78, 5) is 15.9. The lowest BCUT2D eigenvalue weighted by molar-refractivity contribution is 0.0679. The average molecular weight is 407 g/mol. The van der Waals surface area contributed by atoms with E-state index in [-0.39, 0.29) is 11.5 Å². The van der Waals surface area contributed by atoms with Crippen LogP contribution >= 0.6 is 0 Å². The van der Waals surface area contributed by atoms with Crippen LogP contribution in [0.25, 0.3) is 0 Å². The number of rotatable bonds is 6. The van der Waals surface area contributed by atoms with Crippen molar-refractivity contribution in [2.75, 3.05) is 7.11 Å². The maximum Gasteiger partial charge on any atom is 0.404 e. The Kier molecular flexibility index (Phi) is 5.70. The van der Waals surface area contributed by atoms with Gasteiger partial charge in [-0.2, -0.15) is 4.98 Å². The van der Waals surface area contributed by atoms with Gasteiger partial charge in [-0.3, -0.25) is 0 Å². The summed E-state index contributed by atoms with van der Waals surface area (Å²) in [5.41, 5.74) is 6.99. The zero-order valence-corrected chi connectivity index (χ0v) is 16.9. The first-order valence-corrected chi connectivity index (χ1v) is 10.1. The van der Waals surface area contributed by atoms with Crippen molar-refractivity contribution in [1.29, 1.82) is 0 Å². The first-order chi connectivity index (χ1) is 14.6. The molecule has 7 nitrogen and oxygen atoms in total. The highest BCUT2D eigenvalue weighted by molar-refractivity contribution is 5.64. The van der Waals surface area contributed by atoms with Crippen LogP contribution in [-0.2, 0) is 16.6 Å². The number of benzene rings is 2. The van der Waals surface area contributed by atoms with Crippen molar-refractivity contribution < 1.29 is 18.8 Å². The summed E-state index contributed by atoms with van der Waals surface area (Å²) >= 11 is 0. The Morgan fingerprint density at radius 1 is 1.17 bits per heavy atom. The molecule has 2 N–H and O–H groups in total. The quantitative estimate of drug-likeness (QED) is 0.663. The molecule has 0 radical (unpaired) electrons. The summed E-state index contributed by atoms with van der Waals surface area (Å²) in [5, 5.41) is 4.36. The number of aromatic nitrogens is 2. The molecule has 3 aromatic rings. The second-order valence-electron chi connectivity index (χ2n) is 7.62. The third-order valence-electron chi connectivity index (χ3n) is 5.78. The van der Waals surface area contributed by atoms with Crippen molar-refractivity contribution in [3.63, 3.8) is 0 Å². The van der Waals surface area contributed by atoms with Gasteiger partial charge in [0, 0.05) is 0 Å². The number of ether oxygens (including phenoxy) is 2. The van der Waals surface area contributed by atoms with Gasteiger partial charge in [0.05, 0.1) is 18.9 Å². The second-order valence-corrected chi connectivity index (χ2v) is 7.62. The number of nitrogens with zero attached hydrogens (tertiary/aromatic N) is 2. The van der Waals surface area contributed by atoms with E-state index in [1.807, 2.05) is 42.5 Å². The number of carbonyl (C=O) groups excluding carboxylic acids is 1. The summed E-state index contributed by atoms with van der Waals surface area (Å²) in [5.74, 6) is 2.02. The van der Waals surface area contributed by atoms with Crippen LogP contribution in [0.4, 0.5) is 4.79 Å². The van der Waals surface area contributed by atoms with Crippen LogP contribution in [0.5, 0.6) is 5.75 Å². The molecule has 0 aliphatic heterocycles. The van der Waals surface area contributed by atoms with Gasteiger partial charge < -0.3 is 19.7 Å². The van der Waals surface area contributed by atoms with Crippen LogP contribution in [0.15, 0.2) is 59.1 Å². The number of hydrogen-bond donors (Lipinski definition) is 1. The maximum absolute atomic E-state index is 11.1. The van der Waals surface area contributed by atoms with Crippen molar-refractivity contribution in [3.05, 3.63) is 77.4 Å². The van der Waals surface area contributed by atoms with Gasteiger partial charge in [0.15, 0.2) is 5.82 Å². The van der Waals surface area contributed by atoms with Crippen molar-refractivity contribution >= 4 is 6.09 Å². The Balaban J connectivity index is 1.60.